The minimum absolute atomic E-state index is 0.228. The highest BCUT2D eigenvalue weighted by Crippen LogP contribution is 2.16. The van der Waals surface area contributed by atoms with Crippen molar-refractivity contribution in [2.24, 2.45) is 0 Å². The molecular weight excluding hydrogens is 130 g/mol. The van der Waals surface area contributed by atoms with Gasteiger partial charge in [0.05, 0.1) is 0 Å². The summed E-state index contributed by atoms with van der Waals surface area (Å²) < 4.78 is 0. The molecule has 0 aromatic rings. The number of hydrogen-bond donors (Lipinski definition) is 2. The van der Waals surface area contributed by atoms with Crippen molar-refractivity contribution >= 4 is 6.09 Å². The Morgan fingerprint density at radius 1 is 1.30 bits per heavy atom. The topological polar surface area (TPSA) is 49.3 Å². The van der Waals surface area contributed by atoms with Crippen LogP contribution in [0.25, 0.3) is 0 Å². The van der Waals surface area contributed by atoms with E-state index in [1.54, 1.807) is 0 Å². The zero-order chi connectivity index (χ0) is 7.40. The number of carbonyl (C=O) groups is 1. The number of amides is 1. The molecular formula is C7H13NO2. The molecule has 1 amide bonds. The highest BCUT2D eigenvalue weighted by atomic mass is 16.4. The fourth-order valence-corrected chi connectivity index (χ4v) is 1.42. The number of carboxylic acid groups (broad SMARTS) is 1. The third-order valence-electron chi connectivity index (χ3n) is 1.93. The van der Waals surface area contributed by atoms with Crippen LogP contribution in [-0.2, 0) is 0 Å². The summed E-state index contributed by atoms with van der Waals surface area (Å²) in [5, 5.41) is 10.9. The number of nitrogens with one attached hydrogen (secondary N) is 1. The molecule has 0 aliphatic heterocycles. The minimum Gasteiger partial charge on any atom is -0.465 e. The molecule has 1 saturated carbocycles. The second-order valence-electron chi connectivity index (χ2n) is 2.78. The molecule has 3 nitrogen and oxygen atoms in total. The summed E-state index contributed by atoms with van der Waals surface area (Å²) in [6.45, 7) is 0. The van der Waals surface area contributed by atoms with Crippen LogP contribution in [0.4, 0.5) is 4.79 Å². The molecule has 0 aromatic heterocycles. The zero-order valence-electron chi connectivity index (χ0n) is 5.97. The van der Waals surface area contributed by atoms with Crippen LogP contribution in [0.15, 0.2) is 0 Å². The molecule has 10 heavy (non-hydrogen) atoms. The van der Waals surface area contributed by atoms with Crippen molar-refractivity contribution in [1.29, 1.82) is 0 Å². The van der Waals surface area contributed by atoms with Crippen molar-refractivity contribution in [2.75, 3.05) is 0 Å². The molecule has 2 N–H and O–H groups in total. The monoisotopic (exact) mass is 143 g/mol. The summed E-state index contributed by atoms with van der Waals surface area (Å²) in [4.78, 5) is 10.2. The van der Waals surface area contributed by atoms with Gasteiger partial charge in [-0.1, -0.05) is 19.3 Å². The van der Waals surface area contributed by atoms with E-state index < -0.39 is 6.09 Å². The summed E-state index contributed by atoms with van der Waals surface area (Å²) in [5.74, 6) is 0. The van der Waals surface area contributed by atoms with E-state index in [0.717, 1.165) is 12.8 Å². The second-order valence-corrected chi connectivity index (χ2v) is 2.78. The standard InChI is InChI=1S/C7H13NO2/c9-7(10)8-6-4-2-1-3-5-6/h6,8H,1-5H2,(H,9,10). The Hall–Kier alpha value is -0.730. The van der Waals surface area contributed by atoms with E-state index in [1.165, 1.54) is 19.3 Å². The molecule has 0 saturated heterocycles. The van der Waals surface area contributed by atoms with Gasteiger partial charge in [0.1, 0.15) is 0 Å². The van der Waals surface area contributed by atoms with Crippen LogP contribution in [0, 0.1) is 0 Å². The lowest BCUT2D eigenvalue weighted by molar-refractivity contribution is 0.186. The first-order valence-corrected chi connectivity index (χ1v) is 3.78. The average molecular weight is 143 g/mol. The van der Waals surface area contributed by atoms with Gasteiger partial charge in [0.25, 0.3) is 0 Å². The zero-order valence-corrected chi connectivity index (χ0v) is 5.97. The number of rotatable bonds is 1. The van der Waals surface area contributed by atoms with Gasteiger partial charge >= 0.3 is 6.09 Å². The highest BCUT2D eigenvalue weighted by Gasteiger charge is 2.14. The van der Waals surface area contributed by atoms with E-state index in [0.29, 0.717) is 0 Å². The molecule has 0 aromatic carbocycles. The van der Waals surface area contributed by atoms with Crippen molar-refractivity contribution in [3.63, 3.8) is 0 Å². The summed E-state index contributed by atoms with van der Waals surface area (Å²) >= 11 is 0. The fraction of sp³-hybridized carbons (Fsp3) is 0.857. The van der Waals surface area contributed by atoms with Crippen molar-refractivity contribution in [3.05, 3.63) is 0 Å². The molecule has 1 fully saturated rings. The van der Waals surface area contributed by atoms with Gasteiger partial charge in [-0.3, -0.25) is 0 Å². The van der Waals surface area contributed by atoms with Gasteiger partial charge < -0.3 is 10.4 Å². The predicted molar refractivity (Wildman–Crippen MR) is 38.0 cm³/mol. The van der Waals surface area contributed by atoms with Gasteiger partial charge in [-0.25, -0.2) is 4.79 Å². The fourth-order valence-electron chi connectivity index (χ4n) is 1.42. The smallest absolute Gasteiger partial charge is 0.404 e. The van der Waals surface area contributed by atoms with Gasteiger partial charge in [0.15, 0.2) is 0 Å². The average Bonchev–Trinajstić information content (AvgIpc) is 1.88. The molecule has 58 valence electrons. The van der Waals surface area contributed by atoms with Crippen molar-refractivity contribution in [3.8, 4) is 0 Å². The molecule has 0 unspecified atom stereocenters. The van der Waals surface area contributed by atoms with Crippen LogP contribution in [0.3, 0.4) is 0 Å². The van der Waals surface area contributed by atoms with Crippen LogP contribution in [0.5, 0.6) is 0 Å². The Morgan fingerprint density at radius 3 is 2.40 bits per heavy atom. The molecule has 1 aliphatic carbocycles. The molecule has 1 rings (SSSR count). The van der Waals surface area contributed by atoms with Crippen molar-refractivity contribution in [2.45, 2.75) is 38.1 Å². The highest BCUT2D eigenvalue weighted by molar-refractivity contribution is 5.64. The van der Waals surface area contributed by atoms with Gasteiger partial charge in [-0.05, 0) is 12.8 Å². The molecule has 0 radical (unpaired) electrons. The first-order valence-electron chi connectivity index (χ1n) is 3.78. The third-order valence-corrected chi connectivity index (χ3v) is 1.93. The quantitative estimate of drug-likeness (QED) is 0.585. The molecule has 0 atom stereocenters. The molecule has 0 heterocycles. The first kappa shape index (κ1) is 7.38. The van der Waals surface area contributed by atoms with E-state index in [-0.39, 0.29) is 6.04 Å². The van der Waals surface area contributed by atoms with Crippen LogP contribution in [-0.4, -0.2) is 17.2 Å². The molecule has 3 heteroatoms. The first-order chi connectivity index (χ1) is 4.79. The molecule has 1 aliphatic rings. The van der Waals surface area contributed by atoms with Crippen molar-refractivity contribution in [1.82, 2.24) is 5.32 Å². The third kappa shape index (κ3) is 2.25. The Bertz CT molecular complexity index is 119. The van der Waals surface area contributed by atoms with E-state index in [2.05, 4.69) is 5.32 Å². The van der Waals surface area contributed by atoms with E-state index in [4.69, 9.17) is 5.11 Å². The Morgan fingerprint density at radius 2 is 1.90 bits per heavy atom. The van der Waals surface area contributed by atoms with Gasteiger partial charge in [0, 0.05) is 6.04 Å². The van der Waals surface area contributed by atoms with E-state index in [9.17, 15) is 4.79 Å². The van der Waals surface area contributed by atoms with Crippen LogP contribution in [0.1, 0.15) is 32.1 Å². The summed E-state index contributed by atoms with van der Waals surface area (Å²) in [7, 11) is 0. The Labute approximate surface area is 60.4 Å². The lowest BCUT2D eigenvalue weighted by Crippen LogP contribution is -2.34. The summed E-state index contributed by atoms with van der Waals surface area (Å²) in [5.41, 5.74) is 0. The maximum absolute atomic E-state index is 10.2. The summed E-state index contributed by atoms with van der Waals surface area (Å²) in [6.07, 6.45) is 4.76. The molecule has 0 spiro atoms. The van der Waals surface area contributed by atoms with Crippen LogP contribution < -0.4 is 5.32 Å². The van der Waals surface area contributed by atoms with Gasteiger partial charge in [0.2, 0.25) is 0 Å². The SMILES string of the molecule is O=C(O)NC1CCCCC1. The number of hydrogen-bond acceptors (Lipinski definition) is 1. The Kier molecular flexibility index (Phi) is 2.54. The van der Waals surface area contributed by atoms with Crippen LogP contribution >= 0.6 is 0 Å². The molecule has 0 bridgehead atoms. The summed E-state index contributed by atoms with van der Waals surface area (Å²) in [6, 6.07) is 0.228. The normalized spacial score (nSPS) is 20.4. The van der Waals surface area contributed by atoms with Gasteiger partial charge in [-0.2, -0.15) is 0 Å². The van der Waals surface area contributed by atoms with Gasteiger partial charge in [-0.15, -0.1) is 0 Å². The predicted octanol–water partition coefficient (Wildman–Crippen LogP) is 1.59. The Balaban J connectivity index is 2.19. The second kappa shape index (κ2) is 3.44. The lowest BCUT2D eigenvalue weighted by Gasteiger charge is -2.20. The van der Waals surface area contributed by atoms with E-state index in [1.807, 2.05) is 0 Å². The largest absolute Gasteiger partial charge is 0.465 e. The van der Waals surface area contributed by atoms with E-state index >= 15 is 0 Å². The van der Waals surface area contributed by atoms with Crippen molar-refractivity contribution < 1.29 is 9.90 Å². The maximum Gasteiger partial charge on any atom is 0.404 e. The lowest BCUT2D eigenvalue weighted by atomic mass is 9.96. The van der Waals surface area contributed by atoms with Crippen LogP contribution in [0.2, 0.25) is 0 Å². The maximum atomic E-state index is 10.2. The minimum atomic E-state index is -0.882.